The first kappa shape index (κ1) is 15.6. The van der Waals surface area contributed by atoms with Gasteiger partial charge in [0.05, 0.1) is 6.42 Å². The van der Waals surface area contributed by atoms with Gasteiger partial charge in [0.25, 0.3) is 0 Å². The molecule has 0 amide bonds. The van der Waals surface area contributed by atoms with Gasteiger partial charge in [-0.3, -0.25) is 4.79 Å². The number of hydrogen-bond donors (Lipinski definition) is 1. The van der Waals surface area contributed by atoms with E-state index in [9.17, 15) is 9.18 Å². The van der Waals surface area contributed by atoms with E-state index >= 15 is 0 Å². The van der Waals surface area contributed by atoms with Gasteiger partial charge in [0, 0.05) is 12.3 Å². The molecule has 3 nitrogen and oxygen atoms in total. The van der Waals surface area contributed by atoms with E-state index in [1.165, 1.54) is 0 Å². The van der Waals surface area contributed by atoms with E-state index in [1.807, 2.05) is 38.1 Å². The maximum atomic E-state index is 13.2. The second-order valence-electron chi connectivity index (χ2n) is 4.74. The molecule has 4 heteroatoms. The lowest BCUT2D eigenvalue weighted by atomic mass is 9.94. The van der Waals surface area contributed by atoms with Gasteiger partial charge in [-0.05, 0) is 25.5 Å². The Balaban J connectivity index is 2.59. The van der Waals surface area contributed by atoms with E-state index in [-0.39, 0.29) is 18.8 Å². The van der Waals surface area contributed by atoms with Crippen LogP contribution in [0.2, 0.25) is 0 Å². The number of esters is 1. The first-order valence-corrected chi connectivity index (χ1v) is 6.67. The quantitative estimate of drug-likeness (QED) is 0.772. The third-order valence-electron chi connectivity index (χ3n) is 2.99. The standard InChI is InChI=1S/C15H22FNO2/c1-3-5-14(16)19-15(18)9-13(10-17)12-7-4-6-11(2)8-12/h4,6-8,13-14H,3,5,9-10,17H2,1-2H3. The summed E-state index contributed by atoms with van der Waals surface area (Å²) in [6.07, 6.45) is -0.506. The van der Waals surface area contributed by atoms with Gasteiger partial charge >= 0.3 is 5.97 Å². The van der Waals surface area contributed by atoms with Crippen LogP contribution < -0.4 is 5.73 Å². The molecule has 0 saturated heterocycles. The Morgan fingerprint density at radius 2 is 2.21 bits per heavy atom. The summed E-state index contributed by atoms with van der Waals surface area (Å²) in [5, 5.41) is 0. The summed E-state index contributed by atoms with van der Waals surface area (Å²) in [7, 11) is 0. The molecule has 0 aliphatic heterocycles. The molecule has 106 valence electrons. The maximum absolute atomic E-state index is 13.2. The minimum Gasteiger partial charge on any atom is -0.431 e. The summed E-state index contributed by atoms with van der Waals surface area (Å²) < 4.78 is 17.9. The van der Waals surface area contributed by atoms with Crippen LogP contribution in [-0.4, -0.2) is 18.9 Å². The third kappa shape index (κ3) is 5.39. The molecule has 0 saturated carbocycles. The van der Waals surface area contributed by atoms with Crippen molar-refractivity contribution in [1.29, 1.82) is 0 Å². The van der Waals surface area contributed by atoms with Gasteiger partial charge in [-0.2, -0.15) is 0 Å². The Hall–Kier alpha value is -1.42. The van der Waals surface area contributed by atoms with Crippen molar-refractivity contribution in [3.05, 3.63) is 35.4 Å². The Kier molecular flexibility index (Phi) is 6.50. The van der Waals surface area contributed by atoms with Crippen molar-refractivity contribution in [2.24, 2.45) is 5.73 Å². The summed E-state index contributed by atoms with van der Waals surface area (Å²) in [6, 6.07) is 7.82. The van der Waals surface area contributed by atoms with Gasteiger partial charge < -0.3 is 10.5 Å². The van der Waals surface area contributed by atoms with Crippen molar-refractivity contribution in [2.45, 2.75) is 45.4 Å². The number of benzene rings is 1. The van der Waals surface area contributed by atoms with E-state index in [2.05, 4.69) is 0 Å². The number of rotatable bonds is 7. The molecule has 19 heavy (non-hydrogen) atoms. The smallest absolute Gasteiger partial charge is 0.308 e. The lowest BCUT2D eigenvalue weighted by Crippen LogP contribution is -2.20. The van der Waals surface area contributed by atoms with Crippen molar-refractivity contribution in [3.8, 4) is 0 Å². The fourth-order valence-corrected chi connectivity index (χ4v) is 1.94. The van der Waals surface area contributed by atoms with Gasteiger partial charge in [-0.15, -0.1) is 0 Å². The average Bonchev–Trinajstić information content (AvgIpc) is 2.36. The fourth-order valence-electron chi connectivity index (χ4n) is 1.94. The molecular weight excluding hydrogens is 245 g/mol. The van der Waals surface area contributed by atoms with Gasteiger partial charge in [-0.25, -0.2) is 4.39 Å². The summed E-state index contributed by atoms with van der Waals surface area (Å²) in [5.74, 6) is -0.654. The molecule has 2 atom stereocenters. The zero-order valence-electron chi connectivity index (χ0n) is 11.6. The van der Waals surface area contributed by atoms with Crippen LogP contribution in [0.5, 0.6) is 0 Å². The SMILES string of the molecule is CCCC(F)OC(=O)CC(CN)c1cccc(C)c1. The number of carbonyl (C=O) groups is 1. The largest absolute Gasteiger partial charge is 0.431 e. The Bertz CT molecular complexity index is 409. The highest BCUT2D eigenvalue weighted by Crippen LogP contribution is 2.21. The van der Waals surface area contributed by atoms with Crippen molar-refractivity contribution in [1.82, 2.24) is 0 Å². The van der Waals surface area contributed by atoms with Crippen LogP contribution in [-0.2, 0) is 9.53 Å². The van der Waals surface area contributed by atoms with Gasteiger partial charge in [0.2, 0.25) is 6.36 Å². The van der Waals surface area contributed by atoms with Crippen LogP contribution in [0.4, 0.5) is 4.39 Å². The molecule has 2 N–H and O–H groups in total. The molecule has 0 fully saturated rings. The van der Waals surface area contributed by atoms with Crippen molar-refractivity contribution in [2.75, 3.05) is 6.54 Å². The van der Waals surface area contributed by atoms with Crippen LogP contribution in [0.1, 0.15) is 43.2 Å². The fraction of sp³-hybridized carbons (Fsp3) is 0.533. The monoisotopic (exact) mass is 267 g/mol. The molecule has 1 aromatic carbocycles. The number of nitrogens with two attached hydrogens (primary N) is 1. The summed E-state index contributed by atoms with van der Waals surface area (Å²) >= 11 is 0. The highest BCUT2D eigenvalue weighted by Gasteiger charge is 2.18. The predicted molar refractivity (Wildman–Crippen MR) is 73.5 cm³/mol. The number of hydrogen-bond acceptors (Lipinski definition) is 3. The number of carbonyl (C=O) groups excluding carboxylic acids is 1. The van der Waals surface area contributed by atoms with Crippen LogP contribution >= 0.6 is 0 Å². The zero-order valence-corrected chi connectivity index (χ0v) is 11.6. The van der Waals surface area contributed by atoms with Crippen molar-refractivity contribution in [3.63, 3.8) is 0 Å². The molecule has 0 aromatic heterocycles. The van der Waals surface area contributed by atoms with E-state index in [1.54, 1.807) is 0 Å². The molecule has 1 rings (SSSR count). The van der Waals surface area contributed by atoms with Gasteiger partial charge in [0.1, 0.15) is 0 Å². The maximum Gasteiger partial charge on any atom is 0.308 e. The number of alkyl halides is 1. The Morgan fingerprint density at radius 3 is 2.79 bits per heavy atom. The molecule has 0 spiro atoms. The van der Waals surface area contributed by atoms with Crippen LogP contribution in [0.3, 0.4) is 0 Å². The first-order chi connectivity index (χ1) is 9.06. The summed E-state index contributed by atoms with van der Waals surface area (Å²) in [6.45, 7) is 4.16. The molecular formula is C15H22FNO2. The number of halogens is 1. The predicted octanol–water partition coefficient (Wildman–Crippen LogP) is 3.07. The molecule has 0 radical (unpaired) electrons. The summed E-state index contributed by atoms with van der Waals surface area (Å²) in [4.78, 5) is 11.6. The third-order valence-corrected chi connectivity index (χ3v) is 2.99. The number of ether oxygens (including phenoxy) is 1. The molecule has 1 aromatic rings. The minimum atomic E-state index is -1.51. The Labute approximate surface area is 113 Å². The molecule has 0 aliphatic rings. The Morgan fingerprint density at radius 1 is 1.47 bits per heavy atom. The highest BCUT2D eigenvalue weighted by molar-refractivity contribution is 5.70. The molecule has 0 bridgehead atoms. The second-order valence-corrected chi connectivity index (χ2v) is 4.74. The van der Waals surface area contributed by atoms with Crippen LogP contribution in [0.15, 0.2) is 24.3 Å². The topological polar surface area (TPSA) is 52.3 Å². The second kappa shape index (κ2) is 7.89. The molecule has 0 aliphatic carbocycles. The minimum absolute atomic E-state index is 0.115. The van der Waals surface area contributed by atoms with E-state index in [4.69, 9.17) is 10.5 Å². The first-order valence-electron chi connectivity index (χ1n) is 6.67. The van der Waals surface area contributed by atoms with Crippen molar-refractivity contribution >= 4 is 5.97 Å². The number of aryl methyl sites for hydroxylation is 1. The highest BCUT2D eigenvalue weighted by atomic mass is 19.1. The lowest BCUT2D eigenvalue weighted by molar-refractivity contribution is -0.158. The molecule has 2 unspecified atom stereocenters. The summed E-state index contributed by atoms with van der Waals surface area (Å²) in [5.41, 5.74) is 7.79. The van der Waals surface area contributed by atoms with E-state index in [0.29, 0.717) is 13.0 Å². The van der Waals surface area contributed by atoms with E-state index < -0.39 is 12.3 Å². The van der Waals surface area contributed by atoms with Crippen LogP contribution in [0, 0.1) is 6.92 Å². The van der Waals surface area contributed by atoms with E-state index in [0.717, 1.165) is 11.1 Å². The van der Waals surface area contributed by atoms with Gasteiger partial charge in [-0.1, -0.05) is 36.8 Å². The average molecular weight is 267 g/mol. The van der Waals surface area contributed by atoms with Crippen LogP contribution in [0.25, 0.3) is 0 Å². The zero-order chi connectivity index (χ0) is 14.3. The normalized spacial score (nSPS) is 13.9. The van der Waals surface area contributed by atoms with Crippen molar-refractivity contribution < 1.29 is 13.9 Å². The lowest BCUT2D eigenvalue weighted by Gasteiger charge is -2.16. The van der Waals surface area contributed by atoms with Gasteiger partial charge in [0.15, 0.2) is 0 Å². The molecule has 0 heterocycles.